The Labute approximate surface area is 116 Å². The van der Waals surface area contributed by atoms with Crippen molar-refractivity contribution in [3.8, 4) is 5.75 Å². The summed E-state index contributed by atoms with van der Waals surface area (Å²) in [5.41, 5.74) is 0. The van der Waals surface area contributed by atoms with Gasteiger partial charge in [-0.05, 0) is 38.0 Å². The fourth-order valence-corrected chi connectivity index (χ4v) is 1.40. The first kappa shape index (κ1) is 15.1. The Balaban J connectivity index is 1.94. The van der Waals surface area contributed by atoms with Gasteiger partial charge < -0.3 is 9.47 Å². The van der Waals surface area contributed by atoms with Crippen LogP contribution in [0.4, 0.5) is 0 Å². The van der Waals surface area contributed by atoms with E-state index in [1.165, 1.54) is 0 Å². The maximum Gasteiger partial charge on any atom is 0.119 e. The van der Waals surface area contributed by atoms with Crippen LogP contribution < -0.4 is 4.74 Å². The molecule has 2 heteroatoms. The summed E-state index contributed by atoms with van der Waals surface area (Å²) in [4.78, 5) is 0. The molecule has 0 heterocycles. The van der Waals surface area contributed by atoms with E-state index < -0.39 is 0 Å². The molecule has 0 aliphatic carbocycles. The summed E-state index contributed by atoms with van der Waals surface area (Å²) in [6.45, 7) is 3.45. The van der Waals surface area contributed by atoms with Crippen LogP contribution in [0.2, 0.25) is 0 Å². The van der Waals surface area contributed by atoms with Crippen molar-refractivity contribution in [2.24, 2.45) is 0 Å². The largest absolute Gasteiger partial charge is 0.501 e. The lowest BCUT2D eigenvalue weighted by Crippen LogP contribution is -1.99. The number of benzene rings is 1. The minimum absolute atomic E-state index is 0.728. The highest BCUT2D eigenvalue weighted by Crippen LogP contribution is 2.08. The zero-order valence-electron chi connectivity index (χ0n) is 11.5. The number of allylic oxidation sites excluding steroid dienone is 5. The Hall–Kier alpha value is -1.96. The van der Waals surface area contributed by atoms with E-state index in [9.17, 15) is 0 Å². The second kappa shape index (κ2) is 11.1. The first-order valence-electron chi connectivity index (χ1n) is 6.67. The van der Waals surface area contributed by atoms with E-state index in [2.05, 4.69) is 0 Å². The first-order chi connectivity index (χ1) is 9.43. The number of hydrogen-bond acceptors (Lipinski definition) is 2. The van der Waals surface area contributed by atoms with Crippen molar-refractivity contribution in [3.63, 3.8) is 0 Å². The van der Waals surface area contributed by atoms with Crippen LogP contribution in [0.25, 0.3) is 0 Å². The highest BCUT2D eigenvalue weighted by atomic mass is 16.5. The Morgan fingerprint density at radius 2 is 1.63 bits per heavy atom. The molecular weight excluding hydrogens is 236 g/mol. The van der Waals surface area contributed by atoms with E-state index in [1.54, 1.807) is 6.26 Å². The van der Waals surface area contributed by atoms with Crippen LogP contribution in [0.15, 0.2) is 67.0 Å². The number of rotatable bonds is 9. The summed E-state index contributed by atoms with van der Waals surface area (Å²) in [5, 5.41) is 0. The van der Waals surface area contributed by atoms with Crippen LogP contribution in [0.3, 0.4) is 0 Å². The maximum atomic E-state index is 5.59. The van der Waals surface area contributed by atoms with E-state index >= 15 is 0 Å². The van der Waals surface area contributed by atoms with Gasteiger partial charge in [0, 0.05) is 0 Å². The van der Waals surface area contributed by atoms with Gasteiger partial charge in [-0.25, -0.2) is 0 Å². The Morgan fingerprint density at radius 3 is 2.42 bits per heavy atom. The summed E-state index contributed by atoms with van der Waals surface area (Å²) >= 11 is 0. The van der Waals surface area contributed by atoms with Gasteiger partial charge in [-0.3, -0.25) is 0 Å². The van der Waals surface area contributed by atoms with Crippen molar-refractivity contribution in [3.05, 3.63) is 67.0 Å². The molecule has 19 heavy (non-hydrogen) atoms. The zero-order chi connectivity index (χ0) is 13.6. The van der Waals surface area contributed by atoms with Gasteiger partial charge in [0.05, 0.1) is 19.5 Å². The van der Waals surface area contributed by atoms with E-state index in [-0.39, 0.29) is 0 Å². The highest BCUT2D eigenvalue weighted by molar-refractivity contribution is 5.20. The quantitative estimate of drug-likeness (QED) is 0.368. The van der Waals surface area contributed by atoms with E-state index in [0.717, 1.165) is 31.8 Å². The van der Waals surface area contributed by atoms with Gasteiger partial charge in [0.2, 0.25) is 0 Å². The van der Waals surface area contributed by atoms with Crippen LogP contribution in [0.5, 0.6) is 5.75 Å². The molecule has 0 saturated carbocycles. The topological polar surface area (TPSA) is 18.5 Å². The van der Waals surface area contributed by atoms with Crippen LogP contribution in [0.1, 0.15) is 19.8 Å². The fourth-order valence-electron chi connectivity index (χ4n) is 1.40. The molecule has 0 saturated heterocycles. The third-order valence-corrected chi connectivity index (χ3v) is 2.37. The van der Waals surface area contributed by atoms with Gasteiger partial charge in [0.15, 0.2) is 0 Å². The summed E-state index contributed by atoms with van der Waals surface area (Å²) in [6.07, 6.45) is 13.5. The molecule has 1 aromatic rings. The Kier molecular flexibility index (Phi) is 8.86. The lowest BCUT2D eigenvalue weighted by atomic mass is 10.3. The molecule has 2 nitrogen and oxygen atoms in total. The van der Waals surface area contributed by atoms with Crippen LogP contribution in [-0.2, 0) is 4.74 Å². The molecule has 0 N–H and O–H groups in total. The van der Waals surface area contributed by atoms with Crippen molar-refractivity contribution in [2.75, 3.05) is 13.2 Å². The molecule has 0 aliphatic rings. The van der Waals surface area contributed by atoms with Gasteiger partial charge in [-0.1, -0.05) is 42.5 Å². The van der Waals surface area contributed by atoms with Crippen LogP contribution in [-0.4, -0.2) is 13.2 Å². The lowest BCUT2D eigenvalue weighted by Gasteiger charge is -2.05. The van der Waals surface area contributed by atoms with E-state index in [0.29, 0.717) is 0 Å². The second-order valence-corrected chi connectivity index (χ2v) is 3.98. The van der Waals surface area contributed by atoms with Crippen molar-refractivity contribution in [1.29, 1.82) is 0 Å². The molecule has 1 aromatic carbocycles. The Morgan fingerprint density at radius 1 is 0.895 bits per heavy atom. The zero-order valence-corrected chi connectivity index (χ0v) is 11.5. The molecule has 1 rings (SSSR count). The van der Waals surface area contributed by atoms with E-state index in [4.69, 9.17) is 9.47 Å². The van der Waals surface area contributed by atoms with Crippen LogP contribution in [0, 0.1) is 0 Å². The van der Waals surface area contributed by atoms with Gasteiger partial charge in [-0.2, -0.15) is 0 Å². The molecule has 0 spiro atoms. The highest BCUT2D eigenvalue weighted by Gasteiger charge is 1.91. The normalized spacial score (nSPS) is 11.6. The number of ether oxygens (including phenoxy) is 2. The predicted octanol–water partition coefficient (Wildman–Crippen LogP) is 4.51. The SMILES string of the molecule is C\C=C/C=C\C=C\OCCCCOc1ccccc1. The average molecular weight is 258 g/mol. The third kappa shape index (κ3) is 8.72. The van der Waals surface area contributed by atoms with Gasteiger partial charge in [0.1, 0.15) is 5.75 Å². The van der Waals surface area contributed by atoms with Gasteiger partial charge in [-0.15, -0.1) is 0 Å². The van der Waals surface area contributed by atoms with Crippen molar-refractivity contribution in [1.82, 2.24) is 0 Å². The van der Waals surface area contributed by atoms with Crippen molar-refractivity contribution >= 4 is 0 Å². The number of hydrogen-bond donors (Lipinski definition) is 0. The molecule has 102 valence electrons. The van der Waals surface area contributed by atoms with Crippen LogP contribution >= 0.6 is 0 Å². The van der Waals surface area contributed by atoms with Crippen molar-refractivity contribution < 1.29 is 9.47 Å². The Bertz CT molecular complexity index is 391. The molecule has 0 atom stereocenters. The third-order valence-electron chi connectivity index (χ3n) is 2.37. The van der Waals surface area contributed by atoms with Gasteiger partial charge in [0.25, 0.3) is 0 Å². The molecular formula is C17H22O2. The molecule has 0 aromatic heterocycles. The standard InChI is InChI=1S/C17H22O2/c1-2-3-4-5-9-14-18-15-10-11-16-19-17-12-7-6-8-13-17/h2-9,12-14H,10-11,15-16H2,1H3/b3-2-,5-4-,14-9+. The smallest absolute Gasteiger partial charge is 0.119 e. The number of unbranched alkanes of at least 4 members (excludes halogenated alkanes) is 1. The van der Waals surface area contributed by atoms with Crippen molar-refractivity contribution in [2.45, 2.75) is 19.8 Å². The fraction of sp³-hybridized carbons (Fsp3) is 0.294. The summed E-state index contributed by atoms with van der Waals surface area (Å²) in [5.74, 6) is 0.928. The molecule has 0 amide bonds. The van der Waals surface area contributed by atoms with Gasteiger partial charge >= 0.3 is 0 Å². The average Bonchev–Trinajstić information content (AvgIpc) is 2.46. The predicted molar refractivity (Wildman–Crippen MR) is 80.2 cm³/mol. The minimum atomic E-state index is 0.728. The minimum Gasteiger partial charge on any atom is -0.501 e. The summed E-state index contributed by atoms with van der Waals surface area (Å²) < 4.78 is 10.9. The first-order valence-corrected chi connectivity index (χ1v) is 6.67. The number of para-hydroxylation sites is 1. The molecule has 0 radical (unpaired) electrons. The molecule has 0 bridgehead atoms. The lowest BCUT2D eigenvalue weighted by molar-refractivity contribution is 0.225. The second-order valence-electron chi connectivity index (χ2n) is 3.98. The summed E-state index contributed by atoms with van der Waals surface area (Å²) in [6, 6.07) is 9.87. The summed E-state index contributed by atoms with van der Waals surface area (Å²) in [7, 11) is 0. The van der Waals surface area contributed by atoms with E-state index in [1.807, 2.05) is 67.6 Å². The monoisotopic (exact) mass is 258 g/mol. The maximum absolute atomic E-state index is 5.59. The molecule has 0 fully saturated rings. The molecule has 0 aliphatic heterocycles. The molecule has 0 unspecified atom stereocenters.